The molecule has 0 fully saturated rings. The fourth-order valence-electron chi connectivity index (χ4n) is 2.20. The molecule has 24 heavy (non-hydrogen) atoms. The van der Waals surface area contributed by atoms with Crippen molar-refractivity contribution in [1.82, 2.24) is 0 Å². The third-order valence-corrected chi connectivity index (χ3v) is 5.36. The van der Waals surface area contributed by atoms with Gasteiger partial charge in [0, 0.05) is 5.41 Å². The minimum absolute atomic E-state index is 0.172. The van der Waals surface area contributed by atoms with Gasteiger partial charge in [-0.3, -0.25) is 4.79 Å². The van der Waals surface area contributed by atoms with Gasteiger partial charge in [0.2, 0.25) is 0 Å². The Hall–Kier alpha value is -0.880. The van der Waals surface area contributed by atoms with Crippen LogP contribution in [0.1, 0.15) is 67.7 Å². The highest BCUT2D eigenvalue weighted by Crippen LogP contribution is 2.58. The molecule has 0 aromatic carbocycles. The molecular formula is C17H29F5O2. The number of hydrogen-bond donors (Lipinski definition) is 0. The van der Waals surface area contributed by atoms with Gasteiger partial charge in [0.15, 0.2) is 0 Å². The first-order valence-electron chi connectivity index (χ1n) is 8.12. The number of halogens is 5. The summed E-state index contributed by atoms with van der Waals surface area (Å²) in [5, 5.41) is 0. The fraction of sp³-hybridized carbons (Fsp3) is 0.941. The lowest BCUT2D eigenvalue weighted by Gasteiger charge is -2.46. The van der Waals surface area contributed by atoms with E-state index in [4.69, 9.17) is 4.74 Å². The maximum Gasteiger partial charge on any atom is 0.399 e. The minimum Gasteiger partial charge on any atom is -0.465 e. The maximum absolute atomic E-state index is 14.7. The Morgan fingerprint density at radius 2 is 1.33 bits per heavy atom. The van der Waals surface area contributed by atoms with Gasteiger partial charge in [0.05, 0.1) is 12.0 Å². The summed E-state index contributed by atoms with van der Waals surface area (Å²) in [5.74, 6) is -4.55. The van der Waals surface area contributed by atoms with E-state index in [0.29, 0.717) is 20.3 Å². The van der Waals surface area contributed by atoms with E-state index in [1.54, 1.807) is 20.8 Å². The van der Waals surface area contributed by atoms with E-state index in [9.17, 15) is 26.7 Å². The lowest BCUT2D eigenvalue weighted by molar-refractivity contribution is -0.317. The molecule has 0 saturated heterocycles. The Kier molecular flexibility index (Phi) is 6.90. The van der Waals surface area contributed by atoms with E-state index >= 15 is 0 Å². The molecule has 0 bridgehead atoms. The molecule has 0 N–H and O–H groups in total. The average molecular weight is 360 g/mol. The topological polar surface area (TPSA) is 26.3 Å². The average Bonchev–Trinajstić information content (AvgIpc) is 2.45. The zero-order valence-electron chi connectivity index (χ0n) is 15.5. The van der Waals surface area contributed by atoms with Crippen LogP contribution in [0.4, 0.5) is 22.0 Å². The highest BCUT2D eigenvalue weighted by Gasteiger charge is 2.68. The summed E-state index contributed by atoms with van der Waals surface area (Å²) < 4.78 is 73.7. The zero-order valence-corrected chi connectivity index (χ0v) is 15.5. The van der Waals surface area contributed by atoms with Crippen molar-refractivity contribution in [3.8, 4) is 0 Å². The Bertz CT molecular complexity index is 441. The summed E-state index contributed by atoms with van der Waals surface area (Å²) in [6.07, 6.45) is -5.06. The predicted octanol–water partition coefficient (Wildman–Crippen LogP) is 6.00. The van der Waals surface area contributed by atoms with Crippen LogP contribution in [0.15, 0.2) is 0 Å². The summed E-state index contributed by atoms with van der Waals surface area (Å²) in [6, 6.07) is 0. The minimum atomic E-state index is -5.05. The van der Waals surface area contributed by atoms with E-state index in [1.807, 2.05) is 0 Å². The van der Waals surface area contributed by atoms with E-state index in [2.05, 4.69) is 0 Å². The van der Waals surface area contributed by atoms with E-state index in [1.165, 1.54) is 6.92 Å². The van der Waals surface area contributed by atoms with E-state index < -0.39 is 34.3 Å². The molecule has 0 aliphatic carbocycles. The van der Waals surface area contributed by atoms with Gasteiger partial charge in [0.25, 0.3) is 5.92 Å². The number of ether oxygens (including phenoxy) is 1. The highest BCUT2D eigenvalue weighted by molar-refractivity contribution is 5.75. The number of carbonyl (C=O) groups is 1. The molecule has 0 amide bonds. The second-order valence-electron chi connectivity index (χ2n) is 7.73. The molecule has 7 heteroatoms. The van der Waals surface area contributed by atoms with Crippen LogP contribution < -0.4 is 0 Å². The quantitative estimate of drug-likeness (QED) is 0.392. The molecule has 1 unspecified atom stereocenters. The van der Waals surface area contributed by atoms with Crippen molar-refractivity contribution in [3.05, 3.63) is 0 Å². The number of hydrogen-bond acceptors (Lipinski definition) is 2. The Morgan fingerprint density at radius 1 is 0.875 bits per heavy atom. The number of alkyl halides is 5. The zero-order chi connectivity index (χ0) is 19.6. The van der Waals surface area contributed by atoms with Crippen LogP contribution in [-0.2, 0) is 9.53 Å². The first kappa shape index (κ1) is 23.1. The molecule has 0 rings (SSSR count). The Labute approximate surface area is 141 Å². The number of rotatable bonds is 8. The normalized spacial score (nSPS) is 16.7. The molecule has 1 atom stereocenters. The van der Waals surface area contributed by atoms with Crippen molar-refractivity contribution in [1.29, 1.82) is 0 Å². The number of esters is 1. The van der Waals surface area contributed by atoms with Gasteiger partial charge in [-0.05, 0) is 47.0 Å². The first-order chi connectivity index (χ1) is 10.5. The number of carbonyl (C=O) groups excluding carboxylic acids is 1. The second-order valence-corrected chi connectivity index (χ2v) is 7.73. The fourth-order valence-corrected chi connectivity index (χ4v) is 2.20. The van der Waals surface area contributed by atoms with Gasteiger partial charge in [-0.25, -0.2) is 8.78 Å². The van der Waals surface area contributed by atoms with Gasteiger partial charge in [-0.2, -0.15) is 13.2 Å². The van der Waals surface area contributed by atoms with Crippen LogP contribution >= 0.6 is 0 Å². The molecule has 0 heterocycles. The lowest BCUT2D eigenvalue weighted by atomic mass is 9.66. The van der Waals surface area contributed by atoms with Crippen LogP contribution in [0.5, 0.6) is 0 Å². The predicted molar refractivity (Wildman–Crippen MR) is 82.8 cm³/mol. The van der Waals surface area contributed by atoms with Gasteiger partial charge < -0.3 is 4.74 Å². The van der Waals surface area contributed by atoms with Crippen LogP contribution in [-0.4, -0.2) is 24.7 Å². The van der Waals surface area contributed by atoms with Crippen molar-refractivity contribution in [3.63, 3.8) is 0 Å². The Morgan fingerprint density at radius 3 is 1.67 bits per heavy atom. The standard InChI is InChI=1S/C17H29F5O2/c1-8-13(3,4)12(23)24-11-10-15(7,9-2)16(18,19)14(5,6)17(20,21)22/h8-11H2,1-7H3. The monoisotopic (exact) mass is 360 g/mol. The maximum atomic E-state index is 14.7. The third-order valence-electron chi connectivity index (χ3n) is 5.36. The third kappa shape index (κ3) is 4.20. The van der Waals surface area contributed by atoms with Gasteiger partial charge in [0.1, 0.15) is 5.41 Å². The molecule has 0 saturated carbocycles. The summed E-state index contributed by atoms with van der Waals surface area (Å²) >= 11 is 0. The van der Waals surface area contributed by atoms with E-state index in [-0.39, 0.29) is 19.4 Å². The van der Waals surface area contributed by atoms with Crippen molar-refractivity contribution in [2.75, 3.05) is 6.61 Å². The van der Waals surface area contributed by atoms with Crippen molar-refractivity contribution in [2.24, 2.45) is 16.2 Å². The summed E-state index contributed by atoms with van der Waals surface area (Å²) in [4.78, 5) is 11.9. The molecule has 0 spiro atoms. The van der Waals surface area contributed by atoms with Gasteiger partial charge in [-0.1, -0.05) is 20.8 Å². The van der Waals surface area contributed by atoms with Gasteiger partial charge in [-0.15, -0.1) is 0 Å². The molecule has 0 radical (unpaired) electrons. The van der Waals surface area contributed by atoms with Gasteiger partial charge >= 0.3 is 12.1 Å². The highest BCUT2D eigenvalue weighted by atomic mass is 19.4. The summed E-state index contributed by atoms with van der Waals surface area (Å²) in [7, 11) is 0. The first-order valence-corrected chi connectivity index (χ1v) is 8.12. The van der Waals surface area contributed by atoms with Crippen LogP contribution in [0.25, 0.3) is 0 Å². The summed E-state index contributed by atoms with van der Waals surface area (Å²) in [5.41, 5.74) is -5.88. The molecule has 0 aliphatic rings. The van der Waals surface area contributed by atoms with Crippen LogP contribution in [0, 0.1) is 16.2 Å². The SMILES string of the molecule is CCC(C)(C)C(=O)OCCC(C)(CC)C(F)(F)C(C)(C)C(F)(F)F. The van der Waals surface area contributed by atoms with Crippen molar-refractivity contribution >= 4 is 5.97 Å². The largest absolute Gasteiger partial charge is 0.465 e. The van der Waals surface area contributed by atoms with Crippen molar-refractivity contribution in [2.45, 2.75) is 79.8 Å². The molecule has 0 aromatic rings. The smallest absolute Gasteiger partial charge is 0.399 e. The summed E-state index contributed by atoms with van der Waals surface area (Å²) in [6.45, 7) is 8.32. The van der Waals surface area contributed by atoms with Crippen LogP contribution in [0.2, 0.25) is 0 Å². The Balaban J connectivity index is 5.26. The molecule has 0 aromatic heterocycles. The molecule has 2 nitrogen and oxygen atoms in total. The molecular weight excluding hydrogens is 331 g/mol. The molecule has 144 valence electrons. The lowest BCUT2D eigenvalue weighted by Crippen LogP contribution is -2.56. The second kappa shape index (κ2) is 7.16. The van der Waals surface area contributed by atoms with Crippen LogP contribution in [0.3, 0.4) is 0 Å². The van der Waals surface area contributed by atoms with Crippen molar-refractivity contribution < 1.29 is 31.5 Å². The van der Waals surface area contributed by atoms with E-state index in [0.717, 1.165) is 6.92 Å². The molecule has 0 aliphatic heterocycles.